The van der Waals surface area contributed by atoms with Crippen LogP contribution in [0.1, 0.15) is 29.5 Å². The van der Waals surface area contributed by atoms with E-state index in [-0.39, 0.29) is 18.4 Å². The minimum atomic E-state index is -3.23. The van der Waals surface area contributed by atoms with Gasteiger partial charge in [-0.2, -0.15) is 0 Å². The van der Waals surface area contributed by atoms with Crippen LogP contribution >= 0.6 is 0 Å². The van der Waals surface area contributed by atoms with Crippen molar-refractivity contribution in [3.8, 4) is 0 Å². The molecule has 1 saturated heterocycles. The molecule has 1 fully saturated rings. The topological polar surface area (TPSA) is 66.5 Å². The van der Waals surface area contributed by atoms with Crippen LogP contribution in [0.3, 0.4) is 0 Å². The summed E-state index contributed by atoms with van der Waals surface area (Å²) in [6.45, 7) is 6.75. The summed E-state index contributed by atoms with van der Waals surface area (Å²) < 4.78 is 24.7. The molecule has 5 nitrogen and oxygen atoms in total. The number of carbonyl (C=O) groups excluding carboxylic acids is 1. The Morgan fingerprint density at radius 3 is 2.36 bits per heavy atom. The summed E-state index contributed by atoms with van der Waals surface area (Å²) in [5.41, 5.74) is 4.06. The van der Waals surface area contributed by atoms with Crippen molar-refractivity contribution in [1.29, 1.82) is 0 Å². The molecule has 1 heterocycles. The number of aryl methyl sites for hydroxylation is 3. The molecule has 22 heavy (non-hydrogen) atoms. The Labute approximate surface area is 132 Å². The van der Waals surface area contributed by atoms with Crippen LogP contribution in [0.25, 0.3) is 0 Å². The van der Waals surface area contributed by atoms with Gasteiger partial charge >= 0.3 is 0 Å². The molecule has 0 aromatic heterocycles. The predicted octanol–water partition coefficient (Wildman–Crippen LogP) is 2.22. The molecule has 122 valence electrons. The van der Waals surface area contributed by atoms with E-state index in [1.807, 2.05) is 32.9 Å². The zero-order valence-corrected chi connectivity index (χ0v) is 14.5. The van der Waals surface area contributed by atoms with E-state index in [2.05, 4.69) is 5.32 Å². The highest BCUT2D eigenvalue weighted by molar-refractivity contribution is 7.88. The molecule has 1 amide bonds. The molecular formula is C16H24N2O3S. The van der Waals surface area contributed by atoms with Crippen LogP contribution in [-0.2, 0) is 14.8 Å². The van der Waals surface area contributed by atoms with Crippen LogP contribution in [0.4, 0.5) is 5.69 Å². The van der Waals surface area contributed by atoms with Crippen LogP contribution in [0.15, 0.2) is 12.1 Å². The summed E-state index contributed by atoms with van der Waals surface area (Å²) in [6.07, 6.45) is 2.64. The molecule has 0 saturated carbocycles. The summed E-state index contributed by atoms with van der Waals surface area (Å²) in [7, 11) is -3.23. The van der Waals surface area contributed by atoms with E-state index >= 15 is 0 Å². The Morgan fingerprint density at radius 2 is 1.82 bits per heavy atom. The number of anilines is 1. The first-order valence-electron chi connectivity index (χ1n) is 7.52. The van der Waals surface area contributed by atoms with Crippen molar-refractivity contribution in [3.05, 3.63) is 28.8 Å². The SMILES string of the molecule is Cc1cc(C)c(NC(=O)[C@@H]2CCCN(S(C)(=O)=O)C2)c(C)c1. The molecule has 1 aromatic carbocycles. The molecule has 1 N–H and O–H groups in total. The average molecular weight is 324 g/mol. The van der Waals surface area contributed by atoms with Gasteiger partial charge in [-0.25, -0.2) is 12.7 Å². The maximum Gasteiger partial charge on any atom is 0.228 e. The van der Waals surface area contributed by atoms with Crippen LogP contribution in [-0.4, -0.2) is 38.0 Å². The van der Waals surface area contributed by atoms with E-state index in [9.17, 15) is 13.2 Å². The van der Waals surface area contributed by atoms with Crippen LogP contribution in [0.2, 0.25) is 0 Å². The van der Waals surface area contributed by atoms with Gasteiger partial charge in [0.2, 0.25) is 15.9 Å². The normalized spacial score (nSPS) is 19.9. The van der Waals surface area contributed by atoms with Gasteiger partial charge in [0.25, 0.3) is 0 Å². The number of nitrogens with zero attached hydrogens (tertiary/aromatic N) is 1. The molecule has 0 unspecified atom stereocenters. The van der Waals surface area contributed by atoms with Gasteiger partial charge < -0.3 is 5.32 Å². The largest absolute Gasteiger partial charge is 0.325 e. The fourth-order valence-electron chi connectivity index (χ4n) is 3.06. The third-order valence-corrected chi connectivity index (χ3v) is 5.42. The second-order valence-electron chi connectivity index (χ2n) is 6.22. The highest BCUT2D eigenvalue weighted by Gasteiger charge is 2.30. The van der Waals surface area contributed by atoms with Crippen molar-refractivity contribution in [2.24, 2.45) is 5.92 Å². The van der Waals surface area contributed by atoms with E-state index in [1.54, 1.807) is 0 Å². The van der Waals surface area contributed by atoms with Crippen molar-refractivity contribution in [2.75, 3.05) is 24.7 Å². The summed E-state index contributed by atoms with van der Waals surface area (Å²) in [5, 5.41) is 2.99. The standard InChI is InChI=1S/C16H24N2O3S/c1-11-8-12(2)15(13(3)9-11)17-16(19)14-6-5-7-18(10-14)22(4,20)21/h8-9,14H,5-7,10H2,1-4H3,(H,17,19)/t14-/m1/s1. The second-order valence-corrected chi connectivity index (χ2v) is 8.21. The maximum absolute atomic E-state index is 12.5. The third-order valence-electron chi connectivity index (χ3n) is 4.15. The smallest absolute Gasteiger partial charge is 0.228 e. The summed E-state index contributed by atoms with van der Waals surface area (Å²) >= 11 is 0. The number of sulfonamides is 1. The average Bonchev–Trinajstić information content (AvgIpc) is 2.41. The van der Waals surface area contributed by atoms with Crippen LogP contribution < -0.4 is 5.32 Å². The number of amides is 1. The van der Waals surface area contributed by atoms with Gasteiger partial charge in [0.1, 0.15) is 0 Å². The van der Waals surface area contributed by atoms with Gasteiger partial charge in [0.05, 0.1) is 12.2 Å². The monoisotopic (exact) mass is 324 g/mol. The minimum Gasteiger partial charge on any atom is -0.325 e. The van der Waals surface area contributed by atoms with Gasteiger partial charge in [0, 0.05) is 18.8 Å². The molecule has 1 aromatic rings. The third kappa shape index (κ3) is 3.87. The lowest BCUT2D eigenvalue weighted by molar-refractivity contribution is -0.120. The lowest BCUT2D eigenvalue weighted by Crippen LogP contribution is -2.43. The number of carbonyl (C=O) groups is 1. The quantitative estimate of drug-likeness (QED) is 0.927. The molecule has 0 spiro atoms. The molecule has 6 heteroatoms. The fraction of sp³-hybridized carbons (Fsp3) is 0.562. The number of benzene rings is 1. The predicted molar refractivity (Wildman–Crippen MR) is 88.4 cm³/mol. The number of hydrogen-bond acceptors (Lipinski definition) is 3. The van der Waals surface area contributed by atoms with Crippen molar-refractivity contribution < 1.29 is 13.2 Å². The van der Waals surface area contributed by atoms with Crippen molar-refractivity contribution in [1.82, 2.24) is 4.31 Å². The van der Waals surface area contributed by atoms with Crippen LogP contribution in [0.5, 0.6) is 0 Å². The molecule has 2 rings (SSSR count). The van der Waals surface area contributed by atoms with Crippen LogP contribution in [0, 0.1) is 26.7 Å². The van der Waals surface area contributed by atoms with Crippen molar-refractivity contribution in [2.45, 2.75) is 33.6 Å². The van der Waals surface area contributed by atoms with Gasteiger partial charge in [-0.3, -0.25) is 4.79 Å². The molecular weight excluding hydrogens is 300 g/mol. The molecule has 0 bridgehead atoms. The summed E-state index contributed by atoms with van der Waals surface area (Å²) in [6, 6.07) is 4.07. The van der Waals surface area contributed by atoms with Gasteiger partial charge in [-0.05, 0) is 44.7 Å². The molecule has 1 atom stereocenters. The number of nitrogens with one attached hydrogen (secondary N) is 1. The Balaban J connectivity index is 2.13. The highest BCUT2D eigenvalue weighted by atomic mass is 32.2. The summed E-state index contributed by atoms with van der Waals surface area (Å²) in [4.78, 5) is 12.5. The van der Waals surface area contributed by atoms with E-state index in [4.69, 9.17) is 0 Å². The fourth-order valence-corrected chi connectivity index (χ4v) is 3.97. The van der Waals surface area contributed by atoms with Gasteiger partial charge in [-0.1, -0.05) is 17.7 Å². The summed E-state index contributed by atoms with van der Waals surface area (Å²) in [5.74, 6) is -0.382. The number of piperidine rings is 1. The zero-order valence-electron chi connectivity index (χ0n) is 13.6. The minimum absolute atomic E-state index is 0.0941. The lowest BCUT2D eigenvalue weighted by atomic mass is 9.98. The first kappa shape index (κ1) is 17.0. The van der Waals surface area contributed by atoms with E-state index in [0.29, 0.717) is 6.54 Å². The zero-order chi connectivity index (χ0) is 16.5. The van der Waals surface area contributed by atoms with Gasteiger partial charge in [0.15, 0.2) is 0 Å². The van der Waals surface area contributed by atoms with Crippen molar-refractivity contribution >= 4 is 21.6 Å². The van der Waals surface area contributed by atoms with E-state index < -0.39 is 10.0 Å². The Kier molecular flexibility index (Phi) is 4.92. The molecule has 0 aliphatic carbocycles. The van der Waals surface area contributed by atoms with Gasteiger partial charge in [-0.15, -0.1) is 0 Å². The molecule has 1 aliphatic heterocycles. The van der Waals surface area contributed by atoms with Crippen molar-refractivity contribution in [3.63, 3.8) is 0 Å². The lowest BCUT2D eigenvalue weighted by Gasteiger charge is -2.30. The molecule has 0 radical (unpaired) electrons. The Bertz CT molecular complexity index is 660. The Hall–Kier alpha value is -1.40. The number of rotatable bonds is 3. The first-order chi connectivity index (χ1) is 10.2. The number of hydrogen-bond donors (Lipinski definition) is 1. The van der Waals surface area contributed by atoms with E-state index in [1.165, 1.54) is 10.6 Å². The Morgan fingerprint density at radius 1 is 1.23 bits per heavy atom. The first-order valence-corrected chi connectivity index (χ1v) is 9.37. The van der Waals surface area contributed by atoms with E-state index in [0.717, 1.165) is 35.2 Å². The molecule has 1 aliphatic rings. The second kappa shape index (κ2) is 6.38. The highest BCUT2D eigenvalue weighted by Crippen LogP contribution is 2.25. The maximum atomic E-state index is 12.5.